The third kappa shape index (κ3) is 4.71. The monoisotopic (exact) mass is 306 g/mol. The number of benzene rings is 1. The summed E-state index contributed by atoms with van der Waals surface area (Å²) in [5.74, 6) is -0.506. The smallest absolute Gasteiger partial charge is 0.319 e. The van der Waals surface area contributed by atoms with Gasteiger partial charge < -0.3 is 21.1 Å². The number of rotatable bonds is 5. The highest BCUT2D eigenvalue weighted by molar-refractivity contribution is 5.97. The van der Waals surface area contributed by atoms with Gasteiger partial charge in [-0.15, -0.1) is 0 Å². The molecule has 0 aromatic heterocycles. The first kappa shape index (κ1) is 16.3. The van der Waals surface area contributed by atoms with Crippen LogP contribution in [0.15, 0.2) is 18.2 Å². The van der Waals surface area contributed by atoms with Crippen LogP contribution in [0, 0.1) is 6.92 Å². The fourth-order valence-electron chi connectivity index (χ4n) is 2.29. The number of carbonyl (C=O) groups is 2. The number of hydrogen-bond acceptors (Lipinski definition) is 4. The summed E-state index contributed by atoms with van der Waals surface area (Å²) in [4.78, 5) is 25.4. The van der Waals surface area contributed by atoms with Crippen molar-refractivity contribution in [3.05, 3.63) is 29.3 Å². The fraction of sp³-hybridized carbons (Fsp3) is 0.467. The fourth-order valence-corrected chi connectivity index (χ4v) is 2.29. The molecule has 7 nitrogen and oxygen atoms in total. The summed E-state index contributed by atoms with van der Waals surface area (Å²) in [5, 5.41) is 5.49. The van der Waals surface area contributed by atoms with Gasteiger partial charge in [0, 0.05) is 37.4 Å². The molecule has 120 valence electrons. The lowest BCUT2D eigenvalue weighted by Gasteiger charge is -2.26. The lowest BCUT2D eigenvalue weighted by Crippen LogP contribution is -2.42. The number of urea groups is 1. The van der Waals surface area contributed by atoms with Gasteiger partial charge in [0.05, 0.1) is 13.2 Å². The van der Waals surface area contributed by atoms with E-state index in [9.17, 15) is 9.59 Å². The number of carbonyl (C=O) groups excluding carboxylic acids is 2. The van der Waals surface area contributed by atoms with Crippen LogP contribution < -0.4 is 16.4 Å². The lowest BCUT2D eigenvalue weighted by atomic mass is 10.1. The van der Waals surface area contributed by atoms with E-state index in [1.165, 1.54) is 0 Å². The van der Waals surface area contributed by atoms with Crippen molar-refractivity contribution in [2.75, 3.05) is 44.7 Å². The second-order valence-corrected chi connectivity index (χ2v) is 5.23. The number of nitrogens with zero attached hydrogens (tertiary/aromatic N) is 1. The molecule has 0 unspecified atom stereocenters. The molecule has 2 rings (SSSR count). The molecule has 1 heterocycles. The van der Waals surface area contributed by atoms with Crippen LogP contribution in [0.1, 0.15) is 15.9 Å². The molecular weight excluding hydrogens is 284 g/mol. The van der Waals surface area contributed by atoms with Crippen LogP contribution in [-0.4, -0.2) is 56.2 Å². The third-order valence-electron chi connectivity index (χ3n) is 3.58. The van der Waals surface area contributed by atoms with E-state index in [2.05, 4.69) is 15.5 Å². The van der Waals surface area contributed by atoms with Crippen LogP contribution in [0.3, 0.4) is 0 Å². The van der Waals surface area contributed by atoms with Gasteiger partial charge >= 0.3 is 6.03 Å². The Morgan fingerprint density at radius 3 is 2.73 bits per heavy atom. The minimum atomic E-state index is -0.506. The molecule has 1 aromatic rings. The number of nitrogens with one attached hydrogen (secondary N) is 2. The first-order chi connectivity index (χ1) is 10.6. The molecule has 0 saturated carbocycles. The number of hydrogen-bond donors (Lipinski definition) is 3. The minimum absolute atomic E-state index is 0.299. The van der Waals surface area contributed by atoms with Gasteiger partial charge in [0.2, 0.25) is 5.91 Å². The second kappa shape index (κ2) is 7.77. The Hall–Kier alpha value is -2.12. The number of nitrogens with two attached hydrogens (primary N) is 1. The van der Waals surface area contributed by atoms with Crippen LogP contribution in [0.5, 0.6) is 0 Å². The van der Waals surface area contributed by atoms with Crippen LogP contribution in [-0.2, 0) is 4.74 Å². The number of aryl methyl sites for hydroxylation is 1. The average Bonchev–Trinajstić information content (AvgIpc) is 2.50. The molecule has 0 atom stereocenters. The summed E-state index contributed by atoms with van der Waals surface area (Å²) < 4.78 is 5.27. The predicted octanol–water partition coefficient (Wildman–Crippen LogP) is 0.548. The zero-order valence-electron chi connectivity index (χ0n) is 12.7. The van der Waals surface area contributed by atoms with Crippen molar-refractivity contribution in [3.8, 4) is 0 Å². The molecule has 1 fully saturated rings. The molecular formula is C15H22N4O3. The Labute approximate surface area is 129 Å². The Kier molecular flexibility index (Phi) is 5.74. The highest BCUT2D eigenvalue weighted by Gasteiger charge is 2.11. The van der Waals surface area contributed by atoms with Gasteiger partial charge in [-0.05, 0) is 24.6 Å². The summed E-state index contributed by atoms with van der Waals surface area (Å²) in [6, 6.07) is 4.78. The summed E-state index contributed by atoms with van der Waals surface area (Å²) >= 11 is 0. The zero-order chi connectivity index (χ0) is 15.9. The molecule has 0 radical (unpaired) electrons. The normalized spacial score (nSPS) is 15.3. The number of anilines is 1. The molecule has 0 aliphatic carbocycles. The quantitative estimate of drug-likeness (QED) is 0.740. The van der Waals surface area contributed by atoms with Gasteiger partial charge in [-0.3, -0.25) is 9.69 Å². The van der Waals surface area contributed by atoms with Crippen LogP contribution in [0.4, 0.5) is 10.5 Å². The zero-order valence-corrected chi connectivity index (χ0v) is 12.7. The van der Waals surface area contributed by atoms with E-state index in [1.54, 1.807) is 25.1 Å². The Morgan fingerprint density at radius 1 is 1.32 bits per heavy atom. The molecule has 0 bridgehead atoms. The molecule has 4 N–H and O–H groups in total. The van der Waals surface area contributed by atoms with Gasteiger partial charge in [-0.25, -0.2) is 4.79 Å². The van der Waals surface area contributed by atoms with E-state index in [1.807, 2.05) is 0 Å². The summed E-state index contributed by atoms with van der Waals surface area (Å²) in [6.45, 7) is 6.41. The molecule has 0 spiro atoms. The average molecular weight is 306 g/mol. The van der Waals surface area contributed by atoms with E-state index >= 15 is 0 Å². The second-order valence-electron chi connectivity index (χ2n) is 5.23. The molecule has 1 aliphatic heterocycles. The number of primary amides is 1. The van der Waals surface area contributed by atoms with Crippen molar-refractivity contribution in [2.24, 2.45) is 5.73 Å². The van der Waals surface area contributed by atoms with E-state index in [-0.39, 0.29) is 6.03 Å². The lowest BCUT2D eigenvalue weighted by molar-refractivity contribution is 0.0388. The van der Waals surface area contributed by atoms with Gasteiger partial charge in [-0.1, -0.05) is 6.07 Å². The van der Waals surface area contributed by atoms with Gasteiger partial charge in [0.15, 0.2) is 0 Å². The summed E-state index contributed by atoms with van der Waals surface area (Å²) in [6.07, 6.45) is 0. The van der Waals surface area contributed by atoms with E-state index in [4.69, 9.17) is 10.5 Å². The van der Waals surface area contributed by atoms with Crippen LogP contribution in [0.2, 0.25) is 0 Å². The standard InChI is InChI=1S/C15H22N4O3/c1-11-2-3-12(10-13(11)14(16)20)18-15(21)17-4-5-19-6-8-22-9-7-19/h2-3,10H,4-9H2,1H3,(H2,16,20)(H2,17,18,21). The number of morpholine rings is 1. The Bertz CT molecular complexity index is 542. The van der Waals surface area contributed by atoms with Crippen LogP contribution >= 0.6 is 0 Å². The SMILES string of the molecule is Cc1ccc(NC(=O)NCCN2CCOCC2)cc1C(N)=O. The van der Waals surface area contributed by atoms with Gasteiger partial charge in [-0.2, -0.15) is 0 Å². The molecule has 1 aliphatic rings. The van der Waals surface area contributed by atoms with Crippen molar-refractivity contribution in [1.29, 1.82) is 0 Å². The first-order valence-electron chi connectivity index (χ1n) is 7.31. The van der Waals surface area contributed by atoms with Gasteiger partial charge in [0.1, 0.15) is 0 Å². The maximum atomic E-state index is 11.8. The maximum absolute atomic E-state index is 11.8. The van der Waals surface area contributed by atoms with E-state index in [0.29, 0.717) is 17.8 Å². The Morgan fingerprint density at radius 2 is 2.05 bits per heavy atom. The highest BCUT2D eigenvalue weighted by atomic mass is 16.5. The van der Waals surface area contributed by atoms with Crippen molar-refractivity contribution in [1.82, 2.24) is 10.2 Å². The van der Waals surface area contributed by atoms with Crippen molar-refractivity contribution in [3.63, 3.8) is 0 Å². The minimum Gasteiger partial charge on any atom is -0.379 e. The van der Waals surface area contributed by atoms with E-state index < -0.39 is 5.91 Å². The molecule has 1 aromatic carbocycles. The molecule has 7 heteroatoms. The van der Waals surface area contributed by atoms with Crippen LogP contribution in [0.25, 0.3) is 0 Å². The maximum Gasteiger partial charge on any atom is 0.319 e. The topological polar surface area (TPSA) is 96.7 Å². The predicted molar refractivity (Wildman–Crippen MR) is 84.0 cm³/mol. The molecule has 22 heavy (non-hydrogen) atoms. The van der Waals surface area contributed by atoms with Crippen molar-refractivity contribution >= 4 is 17.6 Å². The van der Waals surface area contributed by atoms with E-state index in [0.717, 1.165) is 38.4 Å². The van der Waals surface area contributed by atoms with Crippen molar-refractivity contribution in [2.45, 2.75) is 6.92 Å². The Balaban J connectivity index is 1.79. The van der Waals surface area contributed by atoms with Gasteiger partial charge in [0.25, 0.3) is 0 Å². The summed E-state index contributed by atoms with van der Waals surface area (Å²) in [5.41, 5.74) is 7.03. The highest BCUT2D eigenvalue weighted by Crippen LogP contribution is 2.14. The molecule has 3 amide bonds. The third-order valence-corrected chi connectivity index (χ3v) is 3.58. The van der Waals surface area contributed by atoms with Crippen molar-refractivity contribution < 1.29 is 14.3 Å². The summed E-state index contributed by atoms with van der Waals surface area (Å²) in [7, 11) is 0. The number of amides is 3. The molecule has 1 saturated heterocycles. The number of ether oxygens (including phenoxy) is 1. The largest absolute Gasteiger partial charge is 0.379 e. The first-order valence-corrected chi connectivity index (χ1v) is 7.31.